The summed E-state index contributed by atoms with van der Waals surface area (Å²) in [5.41, 5.74) is 0.575. The van der Waals surface area contributed by atoms with Crippen LogP contribution >= 0.6 is 11.3 Å². The monoisotopic (exact) mass is 440 g/mol. The van der Waals surface area contributed by atoms with Crippen molar-refractivity contribution in [2.24, 2.45) is 0 Å². The second kappa shape index (κ2) is 8.47. The number of aromatic nitrogens is 2. The minimum absolute atomic E-state index is 0.0528. The quantitative estimate of drug-likeness (QED) is 0.454. The summed E-state index contributed by atoms with van der Waals surface area (Å²) in [6, 6.07) is 18.0. The molecule has 30 heavy (non-hydrogen) atoms. The Morgan fingerprint density at radius 3 is 2.63 bits per heavy atom. The average Bonchev–Trinajstić information content (AvgIpc) is 3.44. The lowest BCUT2D eigenvalue weighted by atomic mass is 10.2. The number of thiophene rings is 1. The molecule has 0 saturated heterocycles. The SMILES string of the molecule is O=C(NCc1nc(-c2cccs2)no1)c1cccc(NS(=O)(=O)c2ccccc2)c1. The van der Waals surface area contributed by atoms with Gasteiger partial charge in [-0.25, -0.2) is 8.42 Å². The molecule has 10 heteroatoms. The molecule has 0 saturated carbocycles. The molecule has 8 nitrogen and oxygen atoms in total. The summed E-state index contributed by atoms with van der Waals surface area (Å²) in [7, 11) is -3.74. The maximum absolute atomic E-state index is 12.5. The minimum Gasteiger partial charge on any atom is -0.343 e. The number of amides is 1. The van der Waals surface area contributed by atoms with Gasteiger partial charge in [-0.1, -0.05) is 35.5 Å². The predicted octanol–water partition coefficient (Wildman–Crippen LogP) is 3.53. The van der Waals surface area contributed by atoms with E-state index in [1.807, 2.05) is 17.5 Å². The van der Waals surface area contributed by atoms with Gasteiger partial charge in [0.25, 0.3) is 15.9 Å². The number of nitrogens with zero attached hydrogens (tertiary/aromatic N) is 2. The van der Waals surface area contributed by atoms with Crippen molar-refractivity contribution in [1.82, 2.24) is 15.5 Å². The van der Waals surface area contributed by atoms with E-state index < -0.39 is 15.9 Å². The average molecular weight is 441 g/mol. The molecular formula is C20H16N4O4S2. The Balaban J connectivity index is 1.42. The molecule has 0 fully saturated rings. The second-order valence-electron chi connectivity index (χ2n) is 6.17. The number of nitrogens with one attached hydrogen (secondary N) is 2. The summed E-state index contributed by atoms with van der Waals surface area (Å²) in [5, 5.41) is 8.48. The van der Waals surface area contributed by atoms with Crippen molar-refractivity contribution in [2.75, 3.05) is 4.72 Å². The van der Waals surface area contributed by atoms with Crippen LogP contribution in [0.3, 0.4) is 0 Å². The molecule has 2 N–H and O–H groups in total. The number of anilines is 1. The van der Waals surface area contributed by atoms with Crippen molar-refractivity contribution in [3.63, 3.8) is 0 Å². The number of carbonyl (C=O) groups is 1. The van der Waals surface area contributed by atoms with Gasteiger partial charge in [0.1, 0.15) is 0 Å². The number of rotatable bonds is 7. The molecule has 0 radical (unpaired) electrons. The van der Waals surface area contributed by atoms with Crippen LogP contribution in [-0.4, -0.2) is 24.5 Å². The molecule has 2 aromatic carbocycles. The molecule has 2 heterocycles. The third-order valence-electron chi connectivity index (χ3n) is 4.04. The summed E-state index contributed by atoms with van der Waals surface area (Å²) in [5.74, 6) is 0.339. The first kappa shape index (κ1) is 19.8. The third kappa shape index (κ3) is 4.56. The molecule has 0 aliphatic rings. The van der Waals surface area contributed by atoms with E-state index in [9.17, 15) is 13.2 Å². The van der Waals surface area contributed by atoms with Gasteiger partial charge in [0.2, 0.25) is 11.7 Å². The Bertz CT molecular complexity index is 1250. The Hall–Kier alpha value is -3.50. The summed E-state index contributed by atoms with van der Waals surface area (Å²) in [6.45, 7) is 0.0528. The zero-order chi connectivity index (χ0) is 21.0. The van der Waals surface area contributed by atoms with Crippen molar-refractivity contribution in [3.05, 3.63) is 83.6 Å². The van der Waals surface area contributed by atoms with E-state index >= 15 is 0 Å². The first-order valence-electron chi connectivity index (χ1n) is 8.84. The maximum atomic E-state index is 12.5. The van der Waals surface area contributed by atoms with E-state index in [1.165, 1.54) is 29.5 Å². The lowest BCUT2D eigenvalue weighted by Crippen LogP contribution is -2.23. The van der Waals surface area contributed by atoms with Crippen molar-refractivity contribution < 1.29 is 17.7 Å². The number of hydrogen-bond donors (Lipinski definition) is 2. The zero-order valence-corrected chi connectivity index (χ0v) is 17.1. The normalized spacial score (nSPS) is 11.2. The molecule has 0 unspecified atom stereocenters. The van der Waals surface area contributed by atoms with Gasteiger partial charge in [0, 0.05) is 11.3 Å². The molecule has 4 rings (SSSR count). The van der Waals surface area contributed by atoms with Gasteiger partial charge in [-0.2, -0.15) is 4.98 Å². The van der Waals surface area contributed by atoms with Crippen molar-refractivity contribution in [3.8, 4) is 10.7 Å². The molecule has 0 bridgehead atoms. The predicted molar refractivity (Wildman–Crippen MR) is 112 cm³/mol. The zero-order valence-electron chi connectivity index (χ0n) is 15.5. The van der Waals surface area contributed by atoms with Gasteiger partial charge < -0.3 is 9.84 Å². The number of carbonyl (C=O) groups excluding carboxylic acids is 1. The van der Waals surface area contributed by atoms with Crippen molar-refractivity contribution in [2.45, 2.75) is 11.4 Å². The van der Waals surface area contributed by atoms with Crippen LogP contribution in [0, 0.1) is 0 Å². The second-order valence-corrected chi connectivity index (χ2v) is 8.80. The summed E-state index contributed by atoms with van der Waals surface area (Å²) < 4.78 is 32.5. The molecule has 0 aliphatic carbocycles. The molecule has 152 valence electrons. The van der Waals surface area contributed by atoms with Crippen LogP contribution in [0.1, 0.15) is 16.2 Å². The minimum atomic E-state index is -3.74. The van der Waals surface area contributed by atoms with Gasteiger partial charge >= 0.3 is 0 Å². The summed E-state index contributed by atoms with van der Waals surface area (Å²) in [6.07, 6.45) is 0. The highest BCUT2D eigenvalue weighted by Gasteiger charge is 2.15. The van der Waals surface area contributed by atoms with Crippen LogP contribution in [0.15, 0.2) is 81.5 Å². The topological polar surface area (TPSA) is 114 Å². The van der Waals surface area contributed by atoms with Crippen LogP contribution in [-0.2, 0) is 16.6 Å². The fourth-order valence-corrected chi connectivity index (χ4v) is 4.35. The Morgan fingerprint density at radius 1 is 1.03 bits per heavy atom. The maximum Gasteiger partial charge on any atom is 0.261 e. The Morgan fingerprint density at radius 2 is 1.87 bits per heavy atom. The highest BCUT2D eigenvalue weighted by molar-refractivity contribution is 7.92. The molecular weight excluding hydrogens is 424 g/mol. The number of hydrogen-bond acceptors (Lipinski definition) is 7. The van der Waals surface area contributed by atoms with Crippen LogP contribution in [0.4, 0.5) is 5.69 Å². The van der Waals surface area contributed by atoms with E-state index in [0.29, 0.717) is 11.4 Å². The molecule has 0 spiro atoms. The van der Waals surface area contributed by atoms with Crippen molar-refractivity contribution >= 4 is 33.0 Å². The van der Waals surface area contributed by atoms with Gasteiger partial charge in [-0.05, 0) is 41.8 Å². The fourth-order valence-electron chi connectivity index (χ4n) is 2.63. The third-order valence-corrected chi connectivity index (χ3v) is 6.30. The molecule has 0 atom stereocenters. The van der Waals surface area contributed by atoms with Gasteiger partial charge in [-0.3, -0.25) is 9.52 Å². The first-order chi connectivity index (χ1) is 14.5. The van der Waals surface area contributed by atoms with E-state index in [0.717, 1.165) is 4.88 Å². The standard InChI is InChI=1S/C20H16N4O4S2/c25-20(21-13-18-22-19(23-28-18)17-10-5-11-29-17)14-6-4-7-15(12-14)24-30(26,27)16-8-2-1-3-9-16/h1-12,24H,13H2,(H,21,25). The smallest absolute Gasteiger partial charge is 0.261 e. The summed E-state index contributed by atoms with van der Waals surface area (Å²) >= 11 is 1.49. The highest BCUT2D eigenvalue weighted by atomic mass is 32.2. The molecule has 4 aromatic rings. The van der Waals surface area contributed by atoms with Crippen LogP contribution in [0.5, 0.6) is 0 Å². The Kier molecular flexibility index (Phi) is 5.59. The van der Waals surface area contributed by atoms with Crippen LogP contribution in [0.2, 0.25) is 0 Å². The van der Waals surface area contributed by atoms with E-state index in [4.69, 9.17) is 4.52 Å². The fraction of sp³-hybridized carbons (Fsp3) is 0.0500. The highest BCUT2D eigenvalue weighted by Crippen LogP contribution is 2.21. The molecule has 0 aliphatic heterocycles. The number of sulfonamides is 1. The van der Waals surface area contributed by atoms with Gasteiger partial charge in [0.05, 0.1) is 16.3 Å². The van der Waals surface area contributed by atoms with E-state index in [2.05, 4.69) is 20.2 Å². The van der Waals surface area contributed by atoms with Gasteiger partial charge in [-0.15, -0.1) is 11.3 Å². The van der Waals surface area contributed by atoms with Crippen LogP contribution in [0.25, 0.3) is 10.7 Å². The lowest BCUT2D eigenvalue weighted by Gasteiger charge is -2.09. The Labute approximate surface area is 176 Å². The number of benzene rings is 2. The van der Waals surface area contributed by atoms with Crippen LogP contribution < -0.4 is 10.0 Å². The van der Waals surface area contributed by atoms with Crippen molar-refractivity contribution in [1.29, 1.82) is 0 Å². The lowest BCUT2D eigenvalue weighted by molar-refractivity contribution is 0.0946. The molecule has 1 amide bonds. The largest absolute Gasteiger partial charge is 0.343 e. The van der Waals surface area contributed by atoms with Gasteiger partial charge in [0.15, 0.2) is 0 Å². The molecule has 2 aromatic heterocycles. The summed E-state index contributed by atoms with van der Waals surface area (Å²) in [4.78, 5) is 17.7. The first-order valence-corrected chi connectivity index (χ1v) is 11.2. The van der Waals surface area contributed by atoms with E-state index in [-0.39, 0.29) is 23.0 Å². The van der Waals surface area contributed by atoms with E-state index in [1.54, 1.807) is 36.4 Å².